The van der Waals surface area contributed by atoms with E-state index in [1.165, 1.54) is 12.8 Å². The number of hydrogen-bond acceptors (Lipinski definition) is 3. The van der Waals surface area contributed by atoms with Crippen molar-refractivity contribution < 1.29 is 9.52 Å². The highest BCUT2D eigenvalue weighted by Crippen LogP contribution is 2.32. The van der Waals surface area contributed by atoms with Crippen molar-refractivity contribution in [3.05, 3.63) is 22.6 Å². The molecular formula is C13H20BrNO2. The molecule has 0 aromatic carbocycles. The molecule has 0 amide bonds. The fourth-order valence-corrected chi connectivity index (χ4v) is 2.77. The lowest BCUT2D eigenvalue weighted by Crippen LogP contribution is -2.50. The van der Waals surface area contributed by atoms with Crippen molar-refractivity contribution in [1.29, 1.82) is 0 Å². The minimum absolute atomic E-state index is 0.105. The summed E-state index contributed by atoms with van der Waals surface area (Å²) < 4.78 is 6.21. The molecule has 1 aromatic heterocycles. The first-order chi connectivity index (χ1) is 8.13. The van der Waals surface area contributed by atoms with Crippen molar-refractivity contribution in [3.63, 3.8) is 0 Å². The third kappa shape index (κ3) is 3.33. The molecule has 0 saturated heterocycles. The van der Waals surface area contributed by atoms with E-state index in [9.17, 15) is 5.11 Å². The number of rotatable bonds is 4. The van der Waals surface area contributed by atoms with Crippen LogP contribution < -0.4 is 5.32 Å². The van der Waals surface area contributed by atoms with Crippen LogP contribution in [0.1, 0.15) is 38.4 Å². The Morgan fingerprint density at radius 3 is 2.71 bits per heavy atom. The van der Waals surface area contributed by atoms with Crippen LogP contribution >= 0.6 is 15.9 Å². The number of hydrogen-bond donors (Lipinski definition) is 2. The molecule has 4 heteroatoms. The molecular weight excluding hydrogens is 282 g/mol. The molecule has 0 bridgehead atoms. The molecule has 17 heavy (non-hydrogen) atoms. The predicted octanol–water partition coefficient (Wildman–Crippen LogP) is 3.07. The normalized spacial score (nSPS) is 29.5. The summed E-state index contributed by atoms with van der Waals surface area (Å²) in [6.07, 6.45) is 4.48. The Balaban J connectivity index is 1.91. The second-order valence-corrected chi connectivity index (χ2v) is 5.96. The molecule has 1 aromatic rings. The van der Waals surface area contributed by atoms with Crippen molar-refractivity contribution in [1.82, 2.24) is 5.32 Å². The van der Waals surface area contributed by atoms with Crippen LogP contribution in [0.3, 0.4) is 0 Å². The SMILES string of the molecule is CC1CCC(CO)(NCc2ccc(Br)o2)CC1. The van der Waals surface area contributed by atoms with E-state index in [0.717, 1.165) is 29.2 Å². The second kappa shape index (κ2) is 5.55. The molecule has 1 aliphatic rings. The van der Waals surface area contributed by atoms with Crippen molar-refractivity contribution in [2.24, 2.45) is 5.92 Å². The lowest BCUT2D eigenvalue weighted by Gasteiger charge is -2.38. The highest BCUT2D eigenvalue weighted by Gasteiger charge is 2.33. The Hall–Kier alpha value is -0.320. The maximum Gasteiger partial charge on any atom is 0.169 e. The Morgan fingerprint density at radius 2 is 2.18 bits per heavy atom. The van der Waals surface area contributed by atoms with Gasteiger partial charge in [-0.05, 0) is 59.7 Å². The van der Waals surface area contributed by atoms with Gasteiger partial charge in [-0.1, -0.05) is 6.92 Å². The zero-order chi connectivity index (χ0) is 12.3. The van der Waals surface area contributed by atoms with E-state index in [4.69, 9.17) is 4.42 Å². The zero-order valence-corrected chi connectivity index (χ0v) is 11.8. The van der Waals surface area contributed by atoms with E-state index in [1.807, 2.05) is 12.1 Å². The first kappa shape index (κ1) is 13.1. The summed E-state index contributed by atoms with van der Waals surface area (Å²) >= 11 is 3.29. The smallest absolute Gasteiger partial charge is 0.169 e. The minimum atomic E-state index is -0.105. The van der Waals surface area contributed by atoms with Crippen LogP contribution in [0.25, 0.3) is 0 Å². The van der Waals surface area contributed by atoms with Gasteiger partial charge in [0, 0.05) is 5.54 Å². The Morgan fingerprint density at radius 1 is 1.47 bits per heavy atom. The van der Waals surface area contributed by atoms with Gasteiger partial charge in [-0.2, -0.15) is 0 Å². The molecule has 0 unspecified atom stereocenters. The van der Waals surface area contributed by atoms with Crippen molar-refractivity contribution in [2.75, 3.05) is 6.61 Å². The molecule has 0 aliphatic heterocycles. The number of furan rings is 1. The number of halogens is 1. The fraction of sp³-hybridized carbons (Fsp3) is 0.692. The average Bonchev–Trinajstić information content (AvgIpc) is 2.75. The van der Waals surface area contributed by atoms with E-state index < -0.39 is 0 Å². The summed E-state index contributed by atoms with van der Waals surface area (Å²) in [4.78, 5) is 0. The van der Waals surface area contributed by atoms with Crippen LogP contribution in [0.5, 0.6) is 0 Å². The molecule has 1 heterocycles. The molecule has 1 saturated carbocycles. The maximum absolute atomic E-state index is 9.61. The van der Waals surface area contributed by atoms with Gasteiger partial charge in [0.1, 0.15) is 5.76 Å². The van der Waals surface area contributed by atoms with Gasteiger partial charge in [-0.3, -0.25) is 0 Å². The quantitative estimate of drug-likeness (QED) is 0.898. The van der Waals surface area contributed by atoms with Crippen LogP contribution in [-0.2, 0) is 6.54 Å². The van der Waals surface area contributed by atoms with Gasteiger partial charge in [0.05, 0.1) is 13.2 Å². The standard InChI is InChI=1S/C13H20BrNO2/c1-10-4-6-13(9-16,7-5-10)15-8-11-2-3-12(14)17-11/h2-3,10,15-16H,4-9H2,1H3. The van der Waals surface area contributed by atoms with Crippen molar-refractivity contribution in [3.8, 4) is 0 Å². The molecule has 1 aliphatic carbocycles. The lowest BCUT2D eigenvalue weighted by atomic mass is 9.77. The molecule has 3 nitrogen and oxygen atoms in total. The van der Waals surface area contributed by atoms with Crippen LogP contribution in [0.2, 0.25) is 0 Å². The van der Waals surface area contributed by atoms with Crippen molar-refractivity contribution in [2.45, 2.75) is 44.7 Å². The van der Waals surface area contributed by atoms with Gasteiger partial charge in [0.2, 0.25) is 0 Å². The number of nitrogens with one attached hydrogen (secondary N) is 1. The van der Waals surface area contributed by atoms with Gasteiger partial charge >= 0.3 is 0 Å². The third-order valence-electron chi connectivity index (χ3n) is 3.80. The lowest BCUT2D eigenvalue weighted by molar-refractivity contribution is 0.102. The molecule has 2 N–H and O–H groups in total. The van der Waals surface area contributed by atoms with E-state index in [1.54, 1.807) is 0 Å². The first-order valence-electron chi connectivity index (χ1n) is 6.24. The fourth-order valence-electron chi connectivity index (χ4n) is 2.43. The molecule has 1 fully saturated rings. The summed E-state index contributed by atoms with van der Waals surface area (Å²) in [5.41, 5.74) is -0.105. The Kier molecular flexibility index (Phi) is 4.28. The van der Waals surface area contributed by atoms with E-state index in [-0.39, 0.29) is 12.1 Å². The van der Waals surface area contributed by atoms with E-state index >= 15 is 0 Å². The largest absolute Gasteiger partial charge is 0.453 e. The first-order valence-corrected chi connectivity index (χ1v) is 7.03. The van der Waals surface area contributed by atoms with Crippen LogP contribution in [0, 0.1) is 5.92 Å². The van der Waals surface area contributed by atoms with Gasteiger partial charge in [-0.15, -0.1) is 0 Å². The highest BCUT2D eigenvalue weighted by atomic mass is 79.9. The van der Waals surface area contributed by atoms with Gasteiger partial charge < -0.3 is 14.8 Å². The molecule has 2 rings (SSSR count). The summed E-state index contributed by atoms with van der Waals surface area (Å²) in [5, 5.41) is 13.1. The second-order valence-electron chi connectivity index (χ2n) is 5.18. The van der Waals surface area contributed by atoms with Gasteiger partial charge in [-0.25, -0.2) is 0 Å². The third-order valence-corrected chi connectivity index (χ3v) is 4.23. The predicted molar refractivity (Wildman–Crippen MR) is 70.7 cm³/mol. The molecule has 96 valence electrons. The molecule has 0 atom stereocenters. The number of aliphatic hydroxyl groups excluding tert-OH is 1. The summed E-state index contributed by atoms with van der Waals surface area (Å²) in [5.74, 6) is 1.69. The van der Waals surface area contributed by atoms with Gasteiger partial charge in [0.15, 0.2) is 4.67 Å². The summed E-state index contributed by atoms with van der Waals surface area (Å²) in [6.45, 7) is 3.17. The summed E-state index contributed by atoms with van der Waals surface area (Å²) in [6, 6.07) is 3.85. The van der Waals surface area contributed by atoms with Crippen LogP contribution in [-0.4, -0.2) is 17.3 Å². The van der Waals surface area contributed by atoms with E-state index in [2.05, 4.69) is 28.2 Å². The highest BCUT2D eigenvalue weighted by molar-refractivity contribution is 9.10. The monoisotopic (exact) mass is 301 g/mol. The maximum atomic E-state index is 9.61. The Labute approximate surface area is 111 Å². The van der Waals surface area contributed by atoms with Crippen molar-refractivity contribution >= 4 is 15.9 Å². The van der Waals surface area contributed by atoms with E-state index in [0.29, 0.717) is 6.54 Å². The number of aliphatic hydroxyl groups is 1. The van der Waals surface area contributed by atoms with Crippen LogP contribution in [0.4, 0.5) is 0 Å². The Bertz CT molecular complexity index is 356. The zero-order valence-electron chi connectivity index (χ0n) is 10.2. The average molecular weight is 302 g/mol. The topological polar surface area (TPSA) is 45.4 Å². The van der Waals surface area contributed by atoms with Crippen LogP contribution in [0.15, 0.2) is 21.2 Å². The summed E-state index contributed by atoms with van der Waals surface area (Å²) in [7, 11) is 0. The van der Waals surface area contributed by atoms with Gasteiger partial charge in [0.25, 0.3) is 0 Å². The molecule has 0 radical (unpaired) electrons. The minimum Gasteiger partial charge on any atom is -0.453 e. The molecule has 0 spiro atoms.